The number of fused-ring (bicyclic) bond motifs is 6. The minimum Gasteiger partial charge on any atom is -0.417 e. The summed E-state index contributed by atoms with van der Waals surface area (Å²) in [5, 5.41) is 0.250. The lowest BCUT2D eigenvalue weighted by atomic mass is 9.76. The molecule has 0 N–H and O–H groups in total. The van der Waals surface area contributed by atoms with Crippen molar-refractivity contribution in [3.05, 3.63) is 12.2 Å². The van der Waals surface area contributed by atoms with Crippen molar-refractivity contribution in [2.24, 2.45) is 23.7 Å². The van der Waals surface area contributed by atoms with E-state index in [9.17, 15) is 4.79 Å². The fraction of sp³-hybridized carbons (Fsp3) is 0.889. The molecule has 2 aliphatic heterocycles. The van der Waals surface area contributed by atoms with Gasteiger partial charge in [-0.25, -0.2) is 0 Å². The van der Waals surface area contributed by atoms with E-state index in [4.69, 9.17) is 9.16 Å². The molecule has 0 aromatic rings. The van der Waals surface area contributed by atoms with Crippen LogP contribution in [0, 0.1) is 23.7 Å². The molecule has 33 heavy (non-hydrogen) atoms. The first-order chi connectivity index (χ1) is 14.9. The summed E-state index contributed by atoms with van der Waals surface area (Å²) >= 11 is 0. The Labute approximate surface area is 207 Å². The van der Waals surface area contributed by atoms with E-state index in [-0.39, 0.29) is 28.6 Å². The zero-order valence-corrected chi connectivity index (χ0v) is 26.5. The minimum atomic E-state index is -1.70. The van der Waals surface area contributed by atoms with Crippen LogP contribution in [-0.2, 0) is 14.0 Å². The number of unbranched alkanes of at least 4 members (excludes halogenated alkanes) is 1. The van der Waals surface area contributed by atoms with Crippen LogP contribution in [0.1, 0.15) is 40.0 Å². The van der Waals surface area contributed by atoms with Gasteiger partial charge >= 0.3 is 0 Å². The van der Waals surface area contributed by atoms with Crippen molar-refractivity contribution in [3.8, 4) is 0 Å². The SMILES string of the molecule is CC(C)(C)[Si](C)(C)OCCCC[C@@]12C=C[C@@H](O1)[C@@H]1C(=O)[C@H]2[C@@H](C[Si](C)(C)C)[C@H]1C[Si](C)(C)C. The molecule has 3 aliphatic rings. The Morgan fingerprint density at radius 1 is 0.939 bits per heavy atom. The first-order valence-corrected chi connectivity index (χ1v) is 23.7. The quantitative estimate of drug-likeness (QED) is 0.173. The van der Waals surface area contributed by atoms with Crippen molar-refractivity contribution in [1.82, 2.24) is 0 Å². The van der Waals surface area contributed by atoms with Gasteiger partial charge in [0.1, 0.15) is 5.78 Å². The predicted molar refractivity (Wildman–Crippen MR) is 149 cm³/mol. The lowest BCUT2D eigenvalue weighted by Gasteiger charge is -2.41. The molecule has 4 bridgehead atoms. The van der Waals surface area contributed by atoms with E-state index < -0.39 is 24.5 Å². The molecule has 1 saturated carbocycles. The van der Waals surface area contributed by atoms with Gasteiger partial charge in [0.25, 0.3) is 0 Å². The lowest BCUT2D eigenvalue weighted by molar-refractivity contribution is -0.155. The van der Waals surface area contributed by atoms with Crippen molar-refractivity contribution in [2.45, 2.75) is 121 Å². The van der Waals surface area contributed by atoms with Crippen LogP contribution < -0.4 is 0 Å². The first-order valence-electron chi connectivity index (χ1n) is 13.4. The molecule has 0 radical (unpaired) electrons. The van der Waals surface area contributed by atoms with Gasteiger partial charge in [-0.2, -0.15) is 0 Å². The van der Waals surface area contributed by atoms with E-state index in [0.29, 0.717) is 17.6 Å². The average Bonchev–Trinajstić information content (AvgIpc) is 3.04. The lowest BCUT2D eigenvalue weighted by Crippen LogP contribution is -2.49. The Bertz CT molecular complexity index is 756. The third kappa shape index (κ3) is 5.87. The van der Waals surface area contributed by atoms with Crippen LogP contribution in [0.15, 0.2) is 12.2 Å². The maximum Gasteiger partial charge on any atom is 0.191 e. The van der Waals surface area contributed by atoms with E-state index in [1.165, 1.54) is 12.1 Å². The molecule has 0 unspecified atom stereocenters. The summed E-state index contributed by atoms with van der Waals surface area (Å²) in [7, 11) is -4.28. The molecule has 2 heterocycles. The Hall–Kier alpha value is -0.0194. The standard InChI is InChI=1S/C27H52O3Si3/c1-26(2,3)33(10,11)29-17-13-12-15-27-16-14-22(30-27)23-20(18-31(4,5)6)21(19-32(7,8)9)24(27)25(23)28/h14,16,20-24H,12-13,15,17-19H2,1-11H3/t20-,21+,22-,23-,24-,27+/m1/s1. The summed E-state index contributed by atoms with van der Waals surface area (Å²) in [6.45, 7) is 27.2. The molecule has 6 atom stereocenters. The molecule has 0 spiro atoms. The van der Waals surface area contributed by atoms with Crippen LogP contribution in [0.25, 0.3) is 0 Å². The summed E-state index contributed by atoms with van der Waals surface area (Å²) in [6, 6.07) is 2.52. The van der Waals surface area contributed by atoms with Gasteiger partial charge < -0.3 is 9.16 Å². The second-order valence-corrected chi connectivity index (χ2v) is 31.1. The number of carbonyl (C=O) groups is 1. The van der Waals surface area contributed by atoms with E-state index >= 15 is 0 Å². The van der Waals surface area contributed by atoms with Crippen molar-refractivity contribution < 1.29 is 14.0 Å². The molecule has 1 aliphatic carbocycles. The zero-order chi connectivity index (χ0) is 25.0. The van der Waals surface area contributed by atoms with Gasteiger partial charge in [-0.1, -0.05) is 84.3 Å². The Morgan fingerprint density at radius 3 is 2.06 bits per heavy atom. The Morgan fingerprint density at radius 2 is 1.52 bits per heavy atom. The van der Waals surface area contributed by atoms with Crippen molar-refractivity contribution in [2.75, 3.05) is 6.61 Å². The number of ketones is 1. The second-order valence-electron chi connectivity index (χ2n) is 15.2. The Balaban J connectivity index is 1.74. The van der Waals surface area contributed by atoms with E-state index in [0.717, 1.165) is 25.9 Å². The molecule has 190 valence electrons. The zero-order valence-electron chi connectivity index (χ0n) is 23.5. The van der Waals surface area contributed by atoms with E-state index in [1.54, 1.807) is 0 Å². The van der Waals surface area contributed by atoms with E-state index in [1.807, 2.05) is 0 Å². The van der Waals surface area contributed by atoms with Gasteiger partial charge in [0.2, 0.25) is 0 Å². The molecular weight excluding hydrogens is 457 g/mol. The molecular formula is C27H52O3Si3. The van der Waals surface area contributed by atoms with Crippen LogP contribution in [0.4, 0.5) is 0 Å². The third-order valence-electron chi connectivity index (χ3n) is 8.81. The van der Waals surface area contributed by atoms with Gasteiger partial charge in [0.15, 0.2) is 8.32 Å². The van der Waals surface area contributed by atoms with Crippen LogP contribution in [-0.4, -0.2) is 48.6 Å². The highest BCUT2D eigenvalue weighted by Crippen LogP contribution is 2.60. The van der Waals surface area contributed by atoms with Gasteiger partial charge in [0.05, 0.1) is 23.5 Å². The predicted octanol–water partition coefficient (Wildman–Crippen LogP) is 7.61. The maximum absolute atomic E-state index is 13.9. The number of hydrogen-bond acceptors (Lipinski definition) is 3. The minimum absolute atomic E-state index is 0.0187. The number of carbonyl (C=O) groups excluding carboxylic acids is 1. The maximum atomic E-state index is 13.9. The molecule has 3 nitrogen and oxygen atoms in total. The Kier molecular flexibility index (Phi) is 7.63. The van der Waals surface area contributed by atoms with E-state index in [2.05, 4.69) is 85.3 Å². The van der Waals surface area contributed by atoms with Crippen LogP contribution in [0.5, 0.6) is 0 Å². The topological polar surface area (TPSA) is 35.5 Å². The van der Waals surface area contributed by atoms with Gasteiger partial charge in [0, 0.05) is 22.8 Å². The molecule has 0 aromatic carbocycles. The highest BCUT2D eigenvalue weighted by atomic mass is 28.4. The van der Waals surface area contributed by atoms with Gasteiger partial charge in [-0.3, -0.25) is 4.79 Å². The molecule has 3 rings (SSSR count). The monoisotopic (exact) mass is 508 g/mol. The van der Waals surface area contributed by atoms with Gasteiger partial charge in [-0.15, -0.1) is 0 Å². The summed E-state index contributed by atoms with van der Waals surface area (Å²) in [4.78, 5) is 13.9. The van der Waals surface area contributed by atoms with Crippen molar-refractivity contribution in [3.63, 3.8) is 0 Å². The number of hydrogen-bond donors (Lipinski definition) is 0. The number of rotatable bonds is 10. The molecule has 1 saturated heterocycles. The average molecular weight is 509 g/mol. The smallest absolute Gasteiger partial charge is 0.191 e. The highest BCUT2D eigenvalue weighted by Gasteiger charge is 2.66. The molecule has 0 aromatic heterocycles. The molecule has 2 fully saturated rings. The summed E-state index contributed by atoms with van der Waals surface area (Å²) < 4.78 is 13.2. The fourth-order valence-electron chi connectivity index (χ4n) is 6.42. The largest absolute Gasteiger partial charge is 0.417 e. The second kappa shape index (κ2) is 9.13. The van der Waals surface area contributed by atoms with Crippen molar-refractivity contribution >= 4 is 30.2 Å². The van der Waals surface area contributed by atoms with Crippen molar-refractivity contribution in [1.29, 1.82) is 0 Å². The fourth-order valence-corrected chi connectivity index (χ4v) is 11.4. The van der Waals surface area contributed by atoms with Crippen LogP contribution in [0.3, 0.4) is 0 Å². The number of ether oxygens (including phenoxy) is 1. The summed E-state index contributed by atoms with van der Waals surface area (Å²) in [5.74, 6) is 1.77. The molecule has 6 heteroatoms. The van der Waals surface area contributed by atoms with Crippen LogP contribution >= 0.6 is 0 Å². The molecule has 0 amide bonds. The summed E-state index contributed by atoms with van der Waals surface area (Å²) in [5.41, 5.74) is -0.353. The third-order valence-corrected chi connectivity index (χ3v) is 16.7. The normalized spacial score (nSPS) is 34.4. The summed E-state index contributed by atoms with van der Waals surface area (Å²) in [6.07, 6.45) is 7.68. The highest BCUT2D eigenvalue weighted by molar-refractivity contribution is 6.77. The van der Waals surface area contributed by atoms with Crippen LogP contribution in [0.2, 0.25) is 69.5 Å². The van der Waals surface area contributed by atoms with Gasteiger partial charge in [-0.05, 0) is 49.2 Å². The first kappa shape index (κ1) is 27.6. The number of Topliss-reactive ketones (excluding diaryl/α,β-unsaturated/α-hetero) is 1.